The van der Waals surface area contributed by atoms with Gasteiger partial charge in [-0.1, -0.05) is 24.3 Å². The van der Waals surface area contributed by atoms with Gasteiger partial charge in [-0.25, -0.2) is 9.18 Å². The lowest BCUT2D eigenvalue weighted by Gasteiger charge is -2.30. The van der Waals surface area contributed by atoms with Crippen LogP contribution in [0.4, 0.5) is 20.6 Å². The van der Waals surface area contributed by atoms with Crippen LogP contribution in [0.3, 0.4) is 0 Å². The Balaban J connectivity index is 1.56. The Morgan fingerprint density at radius 1 is 1.26 bits per heavy atom. The number of hydrogen-bond acceptors (Lipinski definition) is 3. The molecule has 2 aliphatic heterocycles. The third-order valence-electron chi connectivity index (χ3n) is 4.73. The number of allylic oxidation sites excluding steroid dienone is 1. The molecule has 1 N–H and O–H groups in total. The Labute approximate surface area is 157 Å². The normalized spacial score (nSPS) is 16.2. The molecule has 0 bridgehead atoms. The molecule has 0 saturated carbocycles. The van der Waals surface area contributed by atoms with Gasteiger partial charge in [-0.05, 0) is 36.6 Å². The van der Waals surface area contributed by atoms with E-state index in [-0.39, 0.29) is 18.5 Å². The fraction of sp³-hybridized carbons (Fsp3) is 0.238. The first-order chi connectivity index (χ1) is 13.1. The van der Waals surface area contributed by atoms with E-state index in [0.717, 1.165) is 22.5 Å². The number of anilines is 2. The number of halogens is 1. The van der Waals surface area contributed by atoms with Crippen molar-refractivity contribution in [1.82, 2.24) is 0 Å². The highest BCUT2D eigenvalue weighted by Gasteiger charge is 2.25. The Morgan fingerprint density at radius 2 is 2.11 bits per heavy atom. The van der Waals surface area contributed by atoms with Gasteiger partial charge in [0.2, 0.25) is 0 Å². The predicted molar refractivity (Wildman–Crippen MR) is 104 cm³/mol. The van der Waals surface area contributed by atoms with E-state index in [0.29, 0.717) is 30.8 Å². The number of urea groups is 1. The van der Waals surface area contributed by atoms with Crippen LogP contribution in [0.25, 0.3) is 0 Å². The number of ether oxygens (including phenoxy) is 1. The number of hydrogen-bond donors (Lipinski definition) is 1. The topological polar surface area (TPSA) is 53.9 Å². The van der Waals surface area contributed by atoms with Crippen LogP contribution in [0.15, 0.2) is 59.0 Å². The molecular formula is C21H20FN3O2. The number of nitrogens with zero attached hydrogens (tertiary/aromatic N) is 2. The lowest BCUT2D eigenvalue weighted by atomic mass is 10.1. The van der Waals surface area contributed by atoms with Crippen LogP contribution in [0.1, 0.15) is 24.0 Å². The van der Waals surface area contributed by atoms with Crippen molar-refractivity contribution in [2.45, 2.75) is 26.3 Å². The maximum Gasteiger partial charge on any atom is 0.326 e. The molecule has 5 nitrogen and oxygen atoms in total. The Bertz CT molecular complexity index is 952. The van der Waals surface area contributed by atoms with Crippen molar-refractivity contribution in [1.29, 1.82) is 0 Å². The largest absolute Gasteiger partial charge is 0.487 e. The number of benzene rings is 2. The molecule has 138 valence electrons. The third kappa shape index (κ3) is 3.56. The van der Waals surface area contributed by atoms with Gasteiger partial charge in [0.1, 0.15) is 23.9 Å². The highest BCUT2D eigenvalue weighted by Crippen LogP contribution is 2.32. The van der Waals surface area contributed by atoms with E-state index < -0.39 is 0 Å². The monoisotopic (exact) mass is 365 g/mol. The molecule has 2 heterocycles. The number of amides is 2. The third-order valence-corrected chi connectivity index (χ3v) is 4.73. The van der Waals surface area contributed by atoms with Gasteiger partial charge in [0.15, 0.2) is 0 Å². The van der Waals surface area contributed by atoms with Crippen LogP contribution in [0.5, 0.6) is 5.75 Å². The molecule has 0 radical (unpaired) electrons. The molecule has 6 heteroatoms. The van der Waals surface area contributed by atoms with Gasteiger partial charge in [-0.2, -0.15) is 0 Å². The average Bonchev–Trinajstić information content (AvgIpc) is 2.68. The van der Waals surface area contributed by atoms with E-state index in [1.54, 1.807) is 11.1 Å². The van der Waals surface area contributed by atoms with Gasteiger partial charge in [0.05, 0.1) is 12.2 Å². The number of rotatable bonds is 4. The molecule has 0 fully saturated rings. The fourth-order valence-corrected chi connectivity index (χ4v) is 3.22. The predicted octanol–water partition coefficient (Wildman–Crippen LogP) is 4.97. The van der Waals surface area contributed by atoms with Gasteiger partial charge in [-0.15, -0.1) is 0 Å². The van der Waals surface area contributed by atoms with Crippen LogP contribution in [0, 0.1) is 6.92 Å². The zero-order valence-corrected chi connectivity index (χ0v) is 15.0. The van der Waals surface area contributed by atoms with Crippen LogP contribution < -0.4 is 15.0 Å². The summed E-state index contributed by atoms with van der Waals surface area (Å²) < 4.78 is 19.5. The van der Waals surface area contributed by atoms with E-state index in [2.05, 4.69) is 10.3 Å². The summed E-state index contributed by atoms with van der Waals surface area (Å²) in [5.74, 6) is 0.347. The SMILES string of the molecule is Cc1ccc(OCC2=C(F)CCC=N2)cc1N1Cc2ccccc2NC1=O. The van der Waals surface area contributed by atoms with Gasteiger partial charge in [0, 0.05) is 24.4 Å². The van der Waals surface area contributed by atoms with Gasteiger partial charge in [0.25, 0.3) is 0 Å². The molecule has 0 aliphatic carbocycles. The summed E-state index contributed by atoms with van der Waals surface area (Å²) in [7, 11) is 0. The molecule has 0 spiro atoms. The zero-order chi connectivity index (χ0) is 18.8. The Hall–Kier alpha value is -3.15. The first-order valence-electron chi connectivity index (χ1n) is 8.92. The van der Waals surface area contributed by atoms with Crippen molar-refractivity contribution in [3.8, 4) is 5.75 Å². The molecule has 0 atom stereocenters. The number of para-hydroxylation sites is 1. The van der Waals surface area contributed by atoms with E-state index in [1.807, 2.05) is 49.4 Å². The minimum Gasteiger partial charge on any atom is -0.487 e. The molecule has 0 saturated heterocycles. The first-order valence-corrected chi connectivity index (χ1v) is 8.92. The number of aliphatic imine (C=N–C) groups is 1. The van der Waals surface area contributed by atoms with E-state index >= 15 is 0 Å². The molecule has 0 aromatic heterocycles. The number of fused-ring (bicyclic) bond motifs is 1. The quantitative estimate of drug-likeness (QED) is 0.831. The number of carbonyl (C=O) groups excluding carboxylic acids is 1. The minimum atomic E-state index is -0.225. The maximum absolute atomic E-state index is 13.8. The Kier molecular flexibility index (Phi) is 4.62. The molecular weight excluding hydrogens is 345 g/mol. The van der Waals surface area contributed by atoms with Crippen molar-refractivity contribution >= 4 is 23.6 Å². The minimum absolute atomic E-state index is 0.0693. The molecule has 2 aliphatic rings. The molecule has 27 heavy (non-hydrogen) atoms. The summed E-state index contributed by atoms with van der Waals surface area (Å²) >= 11 is 0. The fourth-order valence-electron chi connectivity index (χ4n) is 3.22. The van der Waals surface area contributed by atoms with Crippen LogP contribution in [-0.2, 0) is 6.54 Å². The second kappa shape index (κ2) is 7.23. The smallest absolute Gasteiger partial charge is 0.326 e. The summed E-state index contributed by atoms with van der Waals surface area (Å²) in [6, 6.07) is 13.1. The molecule has 4 rings (SSSR count). The summed E-state index contributed by atoms with van der Waals surface area (Å²) in [5.41, 5.74) is 3.93. The van der Waals surface area contributed by atoms with Crippen molar-refractivity contribution in [2.24, 2.45) is 4.99 Å². The highest BCUT2D eigenvalue weighted by atomic mass is 19.1. The standard InChI is InChI=1S/C21H20FN3O2/c1-14-8-9-16(27-13-19-17(22)6-4-10-23-19)11-20(14)25-12-15-5-2-3-7-18(15)24-21(25)26/h2-3,5,7-11H,4,6,12-13H2,1H3,(H,24,26). The van der Waals surface area contributed by atoms with Crippen molar-refractivity contribution in [2.75, 3.05) is 16.8 Å². The van der Waals surface area contributed by atoms with E-state index in [1.165, 1.54) is 0 Å². The Morgan fingerprint density at radius 3 is 2.96 bits per heavy atom. The number of aryl methyl sites for hydroxylation is 1. The summed E-state index contributed by atoms with van der Waals surface area (Å²) in [5, 5.41) is 2.91. The van der Waals surface area contributed by atoms with Crippen LogP contribution >= 0.6 is 0 Å². The molecule has 2 amide bonds. The molecule has 2 aromatic rings. The lowest BCUT2D eigenvalue weighted by Crippen LogP contribution is -2.39. The van der Waals surface area contributed by atoms with Crippen molar-refractivity contribution in [3.63, 3.8) is 0 Å². The first kappa shape index (κ1) is 17.3. The van der Waals surface area contributed by atoms with Crippen LogP contribution in [0.2, 0.25) is 0 Å². The van der Waals surface area contributed by atoms with Gasteiger partial charge in [-0.3, -0.25) is 9.89 Å². The second-order valence-electron chi connectivity index (χ2n) is 6.61. The van der Waals surface area contributed by atoms with Gasteiger partial charge < -0.3 is 10.1 Å². The van der Waals surface area contributed by atoms with Crippen molar-refractivity contribution in [3.05, 3.63) is 65.1 Å². The molecule has 2 aromatic carbocycles. The summed E-state index contributed by atoms with van der Waals surface area (Å²) in [6.45, 7) is 2.50. The number of carbonyl (C=O) groups is 1. The second-order valence-corrected chi connectivity index (χ2v) is 6.61. The van der Waals surface area contributed by atoms with Gasteiger partial charge >= 0.3 is 6.03 Å². The summed E-state index contributed by atoms with van der Waals surface area (Å²) in [6.07, 6.45) is 2.70. The van der Waals surface area contributed by atoms with Crippen LogP contribution in [-0.4, -0.2) is 18.9 Å². The maximum atomic E-state index is 13.8. The highest BCUT2D eigenvalue weighted by molar-refractivity contribution is 6.04. The lowest BCUT2D eigenvalue weighted by molar-refractivity contribution is 0.256. The summed E-state index contributed by atoms with van der Waals surface area (Å²) in [4.78, 5) is 18.3. The van der Waals surface area contributed by atoms with Crippen molar-refractivity contribution < 1.29 is 13.9 Å². The molecule has 0 unspecified atom stereocenters. The van der Waals surface area contributed by atoms with E-state index in [9.17, 15) is 9.18 Å². The number of nitrogens with one attached hydrogen (secondary N) is 1. The zero-order valence-electron chi connectivity index (χ0n) is 15.0. The van der Waals surface area contributed by atoms with E-state index in [4.69, 9.17) is 4.74 Å². The average molecular weight is 365 g/mol.